The molecule has 0 N–H and O–H groups in total. The van der Waals surface area contributed by atoms with Crippen LogP contribution in [-0.4, -0.2) is 6.29 Å². The van der Waals surface area contributed by atoms with E-state index in [0.717, 1.165) is 17.2 Å². The van der Waals surface area contributed by atoms with Crippen molar-refractivity contribution in [3.8, 4) is 0 Å². The second kappa shape index (κ2) is 4.10. The maximum atomic E-state index is 10.5. The molecule has 0 fully saturated rings. The molecule has 2 aromatic rings. The first-order valence-corrected chi connectivity index (χ1v) is 3.84. The summed E-state index contributed by atoms with van der Waals surface area (Å²) in [6.07, 6.45) is 0.867. The van der Waals surface area contributed by atoms with Crippen molar-refractivity contribution in [3.05, 3.63) is 48.0 Å². The highest BCUT2D eigenvalue weighted by Gasteiger charge is 1.92. The van der Waals surface area contributed by atoms with E-state index >= 15 is 0 Å². The van der Waals surface area contributed by atoms with Crippen molar-refractivity contribution in [1.29, 1.82) is 0 Å². The van der Waals surface area contributed by atoms with Crippen molar-refractivity contribution in [2.45, 2.75) is 0 Å². The lowest BCUT2D eigenvalue weighted by Gasteiger charge is -1.96. The molecular weight excluding hydrogens is 180 g/mol. The van der Waals surface area contributed by atoms with Crippen LogP contribution in [0.5, 0.6) is 0 Å². The largest absolute Gasteiger partial charge is 0.298 e. The molecule has 0 saturated carbocycles. The highest BCUT2D eigenvalue weighted by molar-refractivity contribution is 7.59. The molecule has 0 aliphatic heterocycles. The maximum Gasteiger partial charge on any atom is 0.150 e. The maximum absolute atomic E-state index is 10.5. The zero-order valence-corrected chi connectivity index (χ0v) is 8.03. The fourth-order valence-corrected chi connectivity index (χ4v) is 1.28. The first-order chi connectivity index (χ1) is 5.90. The van der Waals surface area contributed by atoms with Gasteiger partial charge in [0.1, 0.15) is 6.29 Å². The summed E-state index contributed by atoms with van der Waals surface area (Å²) in [5, 5.41) is 2.28. The van der Waals surface area contributed by atoms with E-state index < -0.39 is 0 Å². The summed E-state index contributed by atoms with van der Waals surface area (Å²) in [5.41, 5.74) is 0.730. The zero-order valence-electron chi connectivity index (χ0n) is 7.03. The molecule has 2 aromatic carbocycles. The van der Waals surface area contributed by atoms with Gasteiger partial charge in [0.15, 0.2) is 0 Å². The van der Waals surface area contributed by atoms with Crippen molar-refractivity contribution in [1.82, 2.24) is 0 Å². The molecule has 0 radical (unpaired) electrons. The number of carbonyl (C=O) groups excluding carboxylic acids is 1. The number of carbonyl (C=O) groups is 1. The van der Waals surface area contributed by atoms with E-state index in [4.69, 9.17) is 0 Å². The van der Waals surface area contributed by atoms with Gasteiger partial charge in [0.05, 0.1) is 0 Å². The van der Waals surface area contributed by atoms with Crippen LogP contribution in [0, 0.1) is 0 Å². The van der Waals surface area contributed by atoms with E-state index in [1.54, 1.807) is 0 Å². The van der Waals surface area contributed by atoms with Crippen molar-refractivity contribution in [3.63, 3.8) is 0 Å². The average Bonchev–Trinajstić information content (AvgIpc) is 2.17. The van der Waals surface area contributed by atoms with Crippen LogP contribution in [0.15, 0.2) is 42.5 Å². The standard InChI is InChI=1S/C11H8O.H2S/c12-8-9-5-6-10-3-1-2-4-11(10)7-9;/h1-8H;1H2. The van der Waals surface area contributed by atoms with Crippen LogP contribution < -0.4 is 0 Å². The fraction of sp³-hybridized carbons (Fsp3) is 0. The summed E-state index contributed by atoms with van der Waals surface area (Å²) < 4.78 is 0. The predicted molar refractivity (Wildman–Crippen MR) is 59.7 cm³/mol. The Morgan fingerprint density at radius 1 is 0.923 bits per heavy atom. The Balaban J connectivity index is 0.000000845. The molecule has 0 aliphatic rings. The van der Waals surface area contributed by atoms with Crippen molar-refractivity contribution in [2.24, 2.45) is 0 Å². The second-order valence-electron chi connectivity index (χ2n) is 2.72. The quantitative estimate of drug-likeness (QED) is 0.632. The van der Waals surface area contributed by atoms with Gasteiger partial charge in [0, 0.05) is 5.56 Å². The van der Waals surface area contributed by atoms with E-state index in [1.807, 2.05) is 42.5 Å². The van der Waals surface area contributed by atoms with Crippen LogP contribution in [-0.2, 0) is 0 Å². The minimum atomic E-state index is 0. The van der Waals surface area contributed by atoms with Crippen LogP contribution in [0.25, 0.3) is 10.8 Å². The van der Waals surface area contributed by atoms with Crippen LogP contribution in [0.1, 0.15) is 10.4 Å². The van der Waals surface area contributed by atoms with E-state index in [0.29, 0.717) is 0 Å². The number of hydrogen-bond donors (Lipinski definition) is 0. The molecule has 66 valence electrons. The molecule has 1 nitrogen and oxygen atoms in total. The van der Waals surface area contributed by atoms with Gasteiger partial charge in [-0.15, -0.1) is 0 Å². The molecule has 2 heteroatoms. The Kier molecular flexibility index (Phi) is 3.09. The molecule has 0 heterocycles. The minimum Gasteiger partial charge on any atom is -0.298 e. The van der Waals surface area contributed by atoms with Crippen LogP contribution in [0.4, 0.5) is 0 Å². The van der Waals surface area contributed by atoms with Gasteiger partial charge in [-0.1, -0.05) is 36.4 Å². The second-order valence-corrected chi connectivity index (χ2v) is 2.72. The Hall–Kier alpha value is -1.28. The third-order valence-electron chi connectivity index (χ3n) is 1.91. The summed E-state index contributed by atoms with van der Waals surface area (Å²) >= 11 is 0. The molecule has 2 rings (SSSR count). The Labute approximate surface area is 83.8 Å². The molecule has 0 atom stereocenters. The summed E-state index contributed by atoms with van der Waals surface area (Å²) in [7, 11) is 0. The van der Waals surface area contributed by atoms with Crippen LogP contribution >= 0.6 is 13.5 Å². The van der Waals surface area contributed by atoms with E-state index in [1.165, 1.54) is 5.39 Å². The molecule has 0 aliphatic carbocycles. The summed E-state index contributed by atoms with van der Waals surface area (Å²) in [5.74, 6) is 0. The summed E-state index contributed by atoms with van der Waals surface area (Å²) in [4.78, 5) is 10.5. The third-order valence-corrected chi connectivity index (χ3v) is 1.91. The lowest BCUT2D eigenvalue weighted by molar-refractivity contribution is 0.112. The summed E-state index contributed by atoms with van der Waals surface area (Å²) in [6.45, 7) is 0. The van der Waals surface area contributed by atoms with Gasteiger partial charge in [0.25, 0.3) is 0 Å². The Morgan fingerprint density at radius 2 is 1.62 bits per heavy atom. The monoisotopic (exact) mass is 190 g/mol. The highest BCUT2D eigenvalue weighted by atomic mass is 32.1. The molecule has 0 spiro atoms. The fourth-order valence-electron chi connectivity index (χ4n) is 1.28. The number of aldehydes is 1. The zero-order chi connectivity index (χ0) is 8.39. The SMILES string of the molecule is O=Cc1ccc2ccccc2c1.S. The van der Waals surface area contributed by atoms with Crippen molar-refractivity contribution < 1.29 is 4.79 Å². The number of rotatable bonds is 1. The molecule has 0 saturated heterocycles. The third kappa shape index (κ3) is 1.90. The van der Waals surface area contributed by atoms with Gasteiger partial charge in [-0.25, -0.2) is 0 Å². The normalized spacial score (nSPS) is 9.23. The van der Waals surface area contributed by atoms with Gasteiger partial charge < -0.3 is 0 Å². The van der Waals surface area contributed by atoms with E-state index in [2.05, 4.69) is 0 Å². The molecular formula is C11H10OS. The van der Waals surface area contributed by atoms with Crippen LogP contribution in [0.2, 0.25) is 0 Å². The average molecular weight is 190 g/mol. The topological polar surface area (TPSA) is 17.1 Å². The lowest BCUT2D eigenvalue weighted by Crippen LogP contribution is -1.78. The van der Waals surface area contributed by atoms with E-state index in [9.17, 15) is 4.79 Å². The van der Waals surface area contributed by atoms with Crippen LogP contribution in [0.3, 0.4) is 0 Å². The lowest BCUT2D eigenvalue weighted by atomic mass is 10.1. The van der Waals surface area contributed by atoms with Gasteiger partial charge in [-0.2, -0.15) is 13.5 Å². The first kappa shape index (κ1) is 9.81. The molecule has 13 heavy (non-hydrogen) atoms. The van der Waals surface area contributed by atoms with Crippen molar-refractivity contribution in [2.75, 3.05) is 0 Å². The highest BCUT2D eigenvalue weighted by Crippen LogP contribution is 2.14. The van der Waals surface area contributed by atoms with Crippen molar-refractivity contribution >= 4 is 30.6 Å². The first-order valence-electron chi connectivity index (χ1n) is 3.84. The minimum absolute atomic E-state index is 0. The number of fused-ring (bicyclic) bond motifs is 1. The molecule has 0 unspecified atom stereocenters. The number of hydrogen-bond acceptors (Lipinski definition) is 1. The van der Waals surface area contributed by atoms with Gasteiger partial charge >= 0.3 is 0 Å². The molecule has 0 aromatic heterocycles. The van der Waals surface area contributed by atoms with E-state index in [-0.39, 0.29) is 13.5 Å². The van der Waals surface area contributed by atoms with Gasteiger partial charge in [-0.05, 0) is 16.8 Å². The Morgan fingerprint density at radius 3 is 2.31 bits per heavy atom. The number of benzene rings is 2. The Bertz CT molecular complexity index is 423. The smallest absolute Gasteiger partial charge is 0.150 e. The molecule has 0 bridgehead atoms. The van der Waals surface area contributed by atoms with Gasteiger partial charge in [-0.3, -0.25) is 4.79 Å². The summed E-state index contributed by atoms with van der Waals surface area (Å²) in [6, 6.07) is 13.7. The molecule has 0 amide bonds. The predicted octanol–water partition coefficient (Wildman–Crippen LogP) is 2.77. The van der Waals surface area contributed by atoms with Gasteiger partial charge in [0.2, 0.25) is 0 Å².